The SMILES string of the molecule is Br.NCCN(N)c1ccccc1. The van der Waals surface area contributed by atoms with E-state index in [1.807, 2.05) is 30.3 Å². The van der Waals surface area contributed by atoms with Crippen LogP contribution in [0.5, 0.6) is 0 Å². The second kappa shape index (κ2) is 5.99. The summed E-state index contributed by atoms with van der Waals surface area (Å²) in [6.45, 7) is 1.26. The van der Waals surface area contributed by atoms with Crippen molar-refractivity contribution < 1.29 is 0 Å². The minimum absolute atomic E-state index is 0. The van der Waals surface area contributed by atoms with Crippen LogP contribution in [0.3, 0.4) is 0 Å². The molecule has 0 radical (unpaired) electrons. The maximum Gasteiger partial charge on any atom is 0.0517 e. The molecule has 0 spiro atoms. The van der Waals surface area contributed by atoms with Gasteiger partial charge in [-0.05, 0) is 12.1 Å². The van der Waals surface area contributed by atoms with Gasteiger partial charge in [-0.15, -0.1) is 17.0 Å². The van der Waals surface area contributed by atoms with E-state index in [1.54, 1.807) is 5.01 Å². The highest BCUT2D eigenvalue weighted by atomic mass is 79.9. The average Bonchev–Trinajstić information content (AvgIpc) is 2.07. The third kappa shape index (κ3) is 3.21. The fraction of sp³-hybridized carbons (Fsp3) is 0.250. The molecule has 1 aromatic carbocycles. The summed E-state index contributed by atoms with van der Waals surface area (Å²) in [6, 6.07) is 9.77. The third-order valence-corrected chi connectivity index (χ3v) is 1.46. The third-order valence-electron chi connectivity index (χ3n) is 1.46. The topological polar surface area (TPSA) is 55.3 Å². The summed E-state index contributed by atoms with van der Waals surface area (Å²) in [5.41, 5.74) is 6.34. The van der Waals surface area contributed by atoms with Crippen LogP contribution in [0.1, 0.15) is 0 Å². The molecule has 0 aromatic heterocycles. The van der Waals surface area contributed by atoms with Crippen LogP contribution in [0, 0.1) is 0 Å². The van der Waals surface area contributed by atoms with Crippen LogP contribution in [-0.4, -0.2) is 13.1 Å². The monoisotopic (exact) mass is 231 g/mol. The van der Waals surface area contributed by atoms with Gasteiger partial charge >= 0.3 is 0 Å². The van der Waals surface area contributed by atoms with Crippen LogP contribution < -0.4 is 16.6 Å². The quantitative estimate of drug-likeness (QED) is 0.601. The number of halogens is 1. The molecule has 4 heteroatoms. The number of rotatable bonds is 3. The van der Waals surface area contributed by atoms with Gasteiger partial charge in [-0.25, -0.2) is 5.84 Å². The summed E-state index contributed by atoms with van der Waals surface area (Å²) in [4.78, 5) is 0. The van der Waals surface area contributed by atoms with Crippen LogP contribution in [0.15, 0.2) is 30.3 Å². The van der Waals surface area contributed by atoms with Gasteiger partial charge < -0.3 is 10.7 Å². The van der Waals surface area contributed by atoms with Gasteiger partial charge in [0.2, 0.25) is 0 Å². The van der Waals surface area contributed by atoms with Crippen molar-refractivity contribution in [1.29, 1.82) is 0 Å². The van der Waals surface area contributed by atoms with E-state index in [9.17, 15) is 0 Å². The van der Waals surface area contributed by atoms with Crippen LogP contribution >= 0.6 is 17.0 Å². The van der Waals surface area contributed by atoms with E-state index in [1.165, 1.54) is 0 Å². The Kier molecular flexibility index (Phi) is 5.70. The minimum Gasteiger partial charge on any atom is -0.329 e. The number of nitrogens with two attached hydrogens (primary N) is 2. The van der Waals surface area contributed by atoms with Gasteiger partial charge in [-0.1, -0.05) is 18.2 Å². The van der Waals surface area contributed by atoms with Crippen molar-refractivity contribution in [3.63, 3.8) is 0 Å². The summed E-state index contributed by atoms with van der Waals surface area (Å²) in [6.07, 6.45) is 0. The lowest BCUT2D eigenvalue weighted by Gasteiger charge is -2.16. The summed E-state index contributed by atoms with van der Waals surface area (Å²) in [7, 11) is 0. The molecule has 0 atom stereocenters. The minimum atomic E-state index is 0. The van der Waals surface area contributed by atoms with Gasteiger partial charge in [0.05, 0.1) is 5.69 Å². The molecule has 0 bridgehead atoms. The normalized spacial score (nSPS) is 8.83. The Morgan fingerprint density at radius 2 is 1.75 bits per heavy atom. The van der Waals surface area contributed by atoms with Gasteiger partial charge in [-0.3, -0.25) is 0 Å². The molecule has 12 heavy (non-hydrogen) atoms. The molecule has 0 amide bonds. The van der Waals surface area contributed by atoms with E-state index >= 15 is 0 Å². The van der Waals surface area contributed by atoms with Crippen molar-refractivity contribution in [3.8, 4) is 0 Å². The molecule has 0 unspecified atom stereocenters. The maximum absolute atomic E-state index is 5.66. The number of benzene rings is 1. The fourth-order valence-electron chi connectivity index (χ4n) is 0.888. The zero-order chi connectivity index (χ0) is 8.10. The Balaban J connectivity index is 0.00000121. The van der Waals surface area contributed by atoms with Gasteiger partial charge in [0.1, 0.15) is 0 Å². The first-order chi connectivity index (χ1) is 5.34. The van der Waals surface area contributed by atoms with E-state index in [4.69, 9.17) is 11.6 Å². The summed E-state index contributed by atoms with van der Waals surface area (Å²) in [5, 5.41) is 1.64. The second-order valence-corrected chi connectivity index (χ2v) is 2.32. The molecule has 3 nitrogen and oxygen atoms in total. The Morgan fingerprint density at radius 1 is 1.17 bits per heavy atom. The Morgan fingerprint density at radius 3 is 2.25 bits per heavy atom. The van der Waals surface area contributed by atoms with Crippen molar-refractivity contribution in [1.82, 2.24) is 0 Å². The summed E-state index contributed by atoms with van der Waals surface area (Å²) >= 11 is 0. The van der Waals surface area contributed by atoms with Crippen LogP contribution in [0.4, 0.5) is 5.69 Å². The molecule has 1 aromatic rings. The molecule has 68 valence electrons. The number of anilines is 1. The van der Waals surface area contributed by atoms with Crippen molar-refractivity contribution >= 4 is 22.7 Å². The van der Waals surface area contributed by atoms with Crippen LogP contribution in [0.2, 0.25) is 0 Å². The lowest BCUT2D eigenvalue weighted by atomic mass is 10.3. The number of hydrazine groups is 1. The van der Waals surface area contributed by atoms with Crippen molar-refractivity contribution in [3.05, 3.63) is 30.3 Å². The standard InChI is InChI=1S/C8H13N3.BrH/c9-6-7-11(10)8-4-2-1-3-5-8;/h1-5H,6-7,9-10H2;1H. The lowest BCUT2D eigenvalue weighted by Crippen LogP contribution is -2.35. The van der Waals surface area contributed by atoms with E-state index < -0.39 is 0 Å². The molecule has 0 aliphatic heterocycles. The molecule has 0 fully saturated rings. The predicted octanol–water partition coefficient (Wildman–Crippen LogP) is 0.903. The zero-order valence-corrected chi connectivity index (χ0v) is 8.52. The lowest BCUT2D eigenvalue weighted by molar-refractivity contribution is 0.833. The molecule has 4 N–H and O–H groups in total. The zero-order valence-electron chi connectivity index (χ0n) is 6.81. The van der Waals surface area contributed by atoms with Crippen molar-refractivity contribution in [2.24, 2.45) is 11.6 Å². The highest BCUT2D eigenvalue weighted by Gasteiger charge is 1.96. The summed E-state index contributed by atoms with van der Waals surface area (Å²) in [5.74, 6) is 5.66. The maximum atomic E-state index is 5.66. The number of hydrogen-bond donors (Lipinski definition) is 2. The van der Waals surface area contributed by atoms with E-state index in [0.29, 0.717) is 13.1 Å². The Labute approximate surface area is 83.1 Å². The van der Waals surface area contributed by atoms with Gasteiger partial charge in [0.25, 0.3) is 0 Å². The molecule has 0 saturated heterocycles. The summed E-state index contributed by atoms with van der Waals surface area (Å²) < 4.78 is 0. The van der Waals surface area contributed by atoms with Crippen molar-refractivity contribution in [2.75, 3.05) is 18.1 Å². The highest BCUT2D eigenvalue weighted by Crippen LogP contribution is 2.07. The molecule has 0 saturated carbocycles. The first-order valence-corrected chi connectivity index (χ1v) is 3.62. The number of hydrogen-bond acceptors (Lipinski definition) is 3. The van der Waals surface area contributed by atoms with E-state index in [-0.39, 0.29) is 17.0 Å². The van der Waals surface area contributed by atoms with Crippen LogP contribution in [-0.2, 0) is 0 Å². The van der Waals surface area contributed by atoms with E-state index in [0.717, 1.165) is 5.69 Å². The van der Waals surface area contributed by atoms with Gasteiger partial charge in [0, 0.05) is 13.1 Å². The molecule has 0 aliphatic carbocycles. The number of para-hydroxylation sites is 1. The predicted molar refractivity (Wildman–Crippen MR) is 57.4 cm³/mol. The fourth-order valence-corrected chi connectivity index (χ4v) is 0.888. The molecular weight excluding hydrogens is 218 g/mol. The molecule has 0 heterocycles. The number of nitrogens with zero attached hydrogens (tertiary/aromatic N) is 1. The molecule has 1 rings (SSSR count). The first kappa shape index (κ1) is 11.4. The smallest absolute Gasteiger partial charge is 0.0517 e. The Bertz CT molecular complexity index is 203. The molecular formula is C8H14BrN3. The first-order valence-electron chi connectivity index (χ1n) is 3.62. The van der Waals surface area contributed by atoms with E-state index in [2.05, 4.69) is 0 Å². The second-order valence-electron chi connectivity index (χ2n) is 2.32. The van der Waals surface area contributed by atoms with Crippen molar-refractivity contribution in [2.45, 2.75) is 0 Å². The average molecular weight is 232 g/mol. The van der Waals surface area contributed by atoms with Gasteiger partial charge in [0.15, 0.2) is 0 Å². The largest absolute Gasteiger partial charge is 0.329 e. The van der Waals surface area contributed by atoms with Gasteiger partial charge in [-0.2, -0.15) is 0 Å². The highest BCUT2D eigenvalue weighted by molar-refractivity contribution is 8.93. The van der Waals surface area contributed by atoms with Crippen LogP contribution in [0.25, 0.3) is 0 Å². The Hall–Kier alpha value is -0.580. The molecule has 0 aliphatic rings.